The number of carbonyl (C=O) groups is 2. The van der Waals surface area contributed by atoms with E-state index in [2.05, 4.69) is 15.6 Å². The molecule has 0 bridgehead atoms. The predicted octanol–water partition coefficient (Wildman–Crippen LogP) is 2.77. The van der Waals surface area contributed by atoms with Crippen LogP contribution in [-0.4, -0.2) is 29.9 Å². The lowest BCUT2D eigenvalue weighted by Gasteiger charge is -2.03. The van der Waals surface area contributed by atoms with Crippen molar-refractivity contribution >= 4 is 45.5 Å². The number of fused-ring (bicyclic) bond motifs is 1. The van der Waals surface area contributed by atoms with Crippen LogP contribution in [-0.2, 0) is 16.0 Å². The Morgan fingerprint density at radius 2 is 1.82 bits per heavy atom. The van der Waals surface area contributed by atoms with Gasteiger partial charge in [0.2, 0.25) is 11.8 Å². The first-order chi connectivity index (χ1) is 13.6. The van der Waals surface area contributed by atoms with Crippen molar-refractivity contribution in [2.45, 2.75) is 6.42 Å². The van der Waals surface area contributed by atoms with Gasteiger partial charge in [-0.15, -0.1) is 11.3 Å². The van der Waals surface area contributed by atoms with E-state index < -0.39 is 5.91 Å². The average Bonchev–Trinajstić information content (AvgIpc) is 3.11. The molecule has 0 radical (unpaired) electrons. The van der Waals surface area contributed by atoms with Gasteiger partial charge in [-0.1, -0.05) is 48.6 Å². The first kappa shape index (κ1) is 19.3. The molecule has 28 heavy (non-hydrogen) atoms. The summed E-state index contributed by atoms with van der Waals surface area (Å²) < 4.78 is 1.01. The van der Waals surface area contributed by atoms with E-state index in [1.807, 2.05) is 60.7 Å². The van der Waals surface area contributed by atoms with Crippen molar-refractivity contribution in [3.05, 3.63) is 64.7 Å². The lowest BCUT2D eigenvalue weighted by atomic mass is 10.1. The minimum absolute atomic E-state index is 0.0758. The maximum atomic E-state index is 12.0. The zero-order valence-electron chi connectivity index (χ0n) is 15.0. The number of amides is 2. The second-order valence-corrected chi connectivity index (χ2v) is 7.08. The van der Waals surface area contributed by atoms with Gasteiger partial charge in [0.25, 0.3) is 0 Å². The highest BCUT2D eigenvalue weighted by molar-refractivity contribution is 7.18. The summed E-state index contributed by atoms with van der Waals surface area (Å²) in [5, 5.41) is 14.0. The van der Waals surface area contributed by atoms with E-state index in [0.29, 0.717) is 5.01 Å². The molecule has 1 aromatic heterocycles. The smallest absolute Gasteiger partial charge is 0.240 e. The summed E-state index contributed by atoms with van der Waals surface area (Å²) in [7, 11) is 0. The molecule has 0 aliphatic rings. The summed E-state index contributed by atoms with van der Waals surface area (Å²) in [6.07, 6.45) is 4.18. The Morgan fingerprint density at radius 1 is 1.04 bits per heavy atom. The molecule has 3 rings (SSSR count). The van der Waals surface area contributed by atoms with E-state index in [4.69, 9.17) is 5.26 Å². The quantitative estimate of drug-likeness (QED) is 0.479. The number of hydrogen-bond donors (Lipinski definition) is 2. The van der Waals surface area contributed by atoms with E-state index in [9.17, 15) is 9.59 Å². The second kappa shape index (κ2) is 9.44. The van der Waals surface area contributed by atoms with Crippen LogP contribution in [0.2, 0.25) is 0 Å². The molecule has 0 atom stereocenters. The normalized spacial score (nSPS) is 10.7. The van der Waals surface area contributed by atoms with Crippen LogP contribution < -0.4 is 10.6 Å². The number of rotatable bonds is 7. The van der Waals surface area contributed by atoms with Crippen LogP contribution in [0, 0.1) is 11.3 Å². The van der Waals surface area contributed by atoms with Crippen LogP contribution in [0.25, 0.3) is 22.4 Å². The molecular weight excluding hydrogens is 372 g/mol. The maximum Gasteiger partial charge on any atom is 0.240 e. The van der Waals surface area contributed by atoms with Crippen LogP contribution >= 0.6 is 11.3 Å². The number of carbonyl (C=O) groups excluding carboxylic acids is 2. The number of benzene rings is 2. The monoisotopic (exact) mass is 390 g/mol. The highest BCUT2D eigenvalue weighted by Gasteiger charge is 2.10. The largest absolute Gasteiger partial charge is 0.347 e. The number of thiazole rings is 1. The highest BCUT2D eigenvalue weighted by atomic mass is 32.1. The van der Waals surface area contributed by atoms with Crippen molar-refractivity contribution in [3.8, 4) is 6.07 Å². The molecular formula is C21H18N4O2S. The second-order valence-electron chi connectivity index (χ2n) is 5.97. The molecule has 0 unspecified atom stereocenters. The molecule has 0 aliphatic carbocycles. The van der Waals surface area contributed by atoms with E-state index in [0.717, 1.165) is 21.3 Å². The Hall–Kier alpha value is -3.50. The van der Waals surface area contributed by atoms with Gasteiger partial charge in [0, 0.05) is 0 Å². The van der Waals surface area contributed by atoms with Gasteiger partial charge in [-0.2, -0.15) is 5.26 Å². The lowest BCUT2D eigenvalue weighted by Crippen LogP contribution is -2.37. The summed E-state index contributed by atoms with van der Waals surface area (Å²) in [4.78, 5) is 27.9. The number of hydrogen-bond acceptors (Lipinski definition) is 5. The Kier molecular flexibility index (Phi) is 6.50. The molecule has 2 N–H and O–H groups in total. The van der Waals surface area contributed by atoms with E-state index in [1.54, 1.807) is 6.07 Å². The third-order valence-electron chi connectivity index (χ3n) is 3.85. The minimum atomic E-state index is -0.394. The fourth-order valence-electron chi connectivity index (χ4n) is 2.51. The lowest BCUT2D eigenvalue weighted by molar-refractivity contribution is -0.125. The van der Waals surface area contributed by atoms with E-state index in [-0.39, 0.29) is 25.4 Å². The Morgan fingerprint density at radius 3 is 2.61 bits per heavy atom. The first-order valence-electron chi connectivity index (χ1n) is 8.67. The van der Waals surface area contributed by atoms with E-state index >= 15 is 0 Å². The van der Waals surface area contributed by atoms with Crippen LogP contribution in [0.15, 0.2) is 48.5 Å². The van der Waals surface area contributed by atoms with Gasteiger partial charge < -0.3 is 10.6 Å². The number of nitrogens with zero attached hydrogens (tertiary/aromatic N) is 2. The molecule has 7 heteroatoms. The van der Waals surface area contributed by atoms with Crippen molar-refractivity contribution in [1.29, 1.82) is 5.26 Å². The van der Waals surface area contributed by atoms with Gasteiger partial charge >= 0.3 is 0 Å². The molecule has 140 valence electrons. The molecule has 0 fully saturated rings. The fraction of sp³-hybridized carbons (Fsp3) is 0.143. The molecule has 2 amide bonds. The Bertz CT molecular complexity index is 1050. The van der Waals surface area contributed by atoms with E-state index in [1.165, 1.54) is 11.3 Å². The van der Waals surface area contributed by atoms with Crippen molar-refractivity contribution < 1.29 is 9.59 Å². The molecule has 2 aromatic carbocycles. The zero-order chi connectivity index (χ0) is 19.8. The molecule has 3 aromatic rings. The van der Waals surface area contributed by atoms with Crippen LogP contribution in [0.4, 0.5) is 0 Å². The Labute approximate surface area is 166 Å². The van der Waals surface area contributed by atoms with Gasteiger partial charge in [0.1, 0.15) is 11.6 Å². The SMILES string of the molecule is N#CCNC(=O)CNC(=O)Cc1nc2cc(/C=C/c3ccccc3)ccc2s1. The minimum Gasteiger partial charge on any atom is -0.347 e. The molecule has 1 heterocycles. The summed E-state index contributed by atoms with van der Waals surface area (Å²) in [5.41, 5.74) is 3.00. The van der Waals surface area contributed by atoms with Crippen molar-refractivity contribution in [1.82, 2.24) is 15.6 Å². The van der Waals surface area contributed by atoms with Gasteiger partial charge in [0.15, 0.2) is 0 Å². The van der Waals surface area contributed by atoms with Gasteiger partial charge in [-0.05, 0) is 23.3 Å². The topological polar surface area (TPSA) is 94.9 Å². The summed E-state index contributed by atoms with van der Waals surface area (Å²) in [6, 6.07) is 17.8. The third kappa shape index (κ3) is 5.50. The average molecular weight is 390 g/mol. The molecule has 0 aliphatic heterocycles. The standard InChI is InChI=1S/C21H18N4O2S/c22-10-11-23-20(27)14-24-19(26)13-21-25-17-12-16(8-9-18(17)28-21)7-6-15-4-2-1-3-5-15/h1-9,12H,11,13-14H2,(H,23,27)(H,24,26)/b7-6+. The Balaban J connectivity index is 1.61. The molecule has 6 nitrogen and oxygen atoms in total. The van der Waals surface area contributed by atoms with Crippen molar-refractivity contribution in [2.24, 2.45) is 0 Å². The van der Waals surface area contributed by atoms with Crippen LogP contribution in [0.3, 0.4) is 0 Å². The fourth-order valence-corrected chi connectivity index (χ4v) is 3.45. The summed E-state index contributed by atoms with van der Waals surface area (Å²) in [5.74, 6) is -0.676. The third-order valence-corrected chi connectivity index (χ3v) is 4.88. The zero-order valence-corrected chi connectivity index (χ0v) is 15.8. The summed E-state index contributed by atoms with van der Waals surface area (Å²) in [6.45, 7) is -0.229. The molecule has 0 saturated heterocycles. The number of nitriles is 1. The van der Waals surface area contributed by atoms with Gasteiger partial charge in [0.05, 0.1) is 29.3 Å². The maximum absolute atomic E-state index is 12.0. The van der Waals surface area contributed by atoms with Crippen LogP contribution in [0.5, 0.6) is 0 Å². The number of nitrogens with one attached hydrogen (secondary N) is 2. The highest BCUT2D eigenvalue weighted by Crippen LogP contribution is 2.24. The molecule has 0 spiro atoms. The van der Waals surface area contributed by atoms with Crippen molar-refractivity contribution in [3.63, 3.8) is 0 Å². The van der Waals surface area contributed by atoms with Gasteiger partial charge in [-0.25, -0.2) is 4.98 Å². The molecule has 0 saturated carbocycles. The van der Waals surface area contributed by atoms with Crippen molar-refractivity contribution in [2.75, 3.05) is 13.1 Å². The van der Waals surface area contributed by atoms with Gasteiger partial charge in [-0.3, -0.25) is 9.59 Å². The van der Waals surface area contributed by atoms with Crippen LogP contribution in [0.1, 0.15) is 16.1 Å². The number of aromatic nitrogens is 1. The summed E-state index contributed by atoms with van der Waals surface area (Å²) >= 11 is 1.46. The predicted molar refractivity (Wildman–Crippen MR) is 110 cm³/mol. The first-order valence-corrected chi connectivity index (χ1v) is 9.48.